The van der Waals surface area contributed by atoms with Crippen molar-refractivity contribution in [1.29, 1.82) is 0 Å². The van der Waals surface area contributed by atoms with E-state index in [9.17, 15) is 4.39 Å². The summed E-state index contributed by atoms with van der Waals surface area (Å²) >= 11 is 0. The number of nitrogens with one attached hydrogen (secondary N) is 2. The van der Waals surface area contributed by atoms with Gasteiger partial charge in [-0.15, -0.1) is 24.0 Å². The largest absolute Gasteiger partial charge is 0.381 e. The molecule has 0 unspecified atom stereocenters. The first kappa shape index (κ1) is 22.1. The average Bonchev–Trinajstić information content (AvgIpc) is 2.61. The van der Waals surface area contributed by atoms with Crippen LogP contribution in [-0.2, 0) is 16.0 Å². The standard InChI is InChI=1S/C18H28FN3O2.HI/c1-20-18(22-13-16-4-2-5-17(19)12-16)21-8-3-9-24-14-15-6-10-23-11-7-15;/h2,4-5,12,15H,3,6-11,13-14H2,1H3,(H2,20,21,22);1H. The van der Waals surface area contributed by atoms with Gasteiger partial charge in [0, 0.05) is 46.6 Å². The summed E-state index contributed by atoms with van der Waals surface area (Å²) in [5.74, 6) is 1.13. The van der Waals surface area contributed by atoms with Crippen molar-refractivity contribution in [2.75, 3.05) is 40.0 Å². The lowest BCUT2D eigenvalue weighted by atomic mass is 10.0. The lowest BCUT2D eigenvalue weighted by molar-refractivity contribution is 0.0203. The van der Waals surface area contributed by atoms with E-state index in [1.165, 1.54) is 12.1 Å². The maximum Gasteiger partial charge on any atom is 0.191 e. The molecule has 0 atom stereocenters. The number of hydrogen-bond acceptors (Lipinski definition) is 3. The van der Waals surface area contributed by atoms with Gasteiger partial charge in [-0.1, -0.05) is 12.1 Å². The fraction of sp³-hybridized carbons (Fsp3) is 0.611. The normalized spacial score (nSPS) is 15.5. The molecular weight excluding hydrogens is 436 g/mol. The second-order valence-corrected chi connectivity index (χ2v) is 5.97. The maximum absolute atomic E-state index is 13.1. The summed E-state index contributed by atoms with van der Waals surface area (Å²) < 4.78 is 24.2. The van der Waals surface area contributed by atoms with Crippen molar-refractivity contribution in [2.45, 2.75) is 25.8 Å². The molecule has 1 aromatic carbocycles. The molecule has 1 heterocycles. The zero-order valence-electron chi connectivity index (χ0n) is 14.8. The second kappa shape index (κ2) is 13.3. The summed E-state index contributed by atoms with van der Waals surface area (Å²) in [6.07, 6.45) is 3.13. The number of halogens is 2. The van der Waals surface area contributed by atoms with Crippen LogP contribution in [0.25, 0.3) is 0 Å². The molecule has 0 spiro atoms. The molecule has 2 rings (SSSR count). The summed E-state index contributed by atoms with van der Waals surface area (Å²) in [6.45, 7) is 4.63. The molecule has 0 bridgehead atoms. The van der Waals surface area contributed by atoms with E-state index in [0.29, 0.717) is 18.4 Å². The molecule has 25 heavy (non-hydrogen) atoms. The predicted molar refractivity (Wildman–Crippen MR) is 109 cm³/mol. The first-order chi connectivity index (χ1) is 11.8. The van der Waals surface area contributed by atoms with Crippen molar-refractivity contribution in [3.63, 3.8) is 0 Å². The van der Waals surface area contributed by atoms with E-state index in [2.05, 4.69) is 15.6 Å². The first-order valence-corrected chi connectivity index (χ1v) is 8.62. The minimum atomic E-state index is -0.223. The Morgan fingerprint density at radius 2 is 2.12 bits per heavy atom. The number of rotatable bonds is 8. The van der Waals surface area contributed by atoms with E-state index in [1.807, 2.05) is 6.07 Å². The highest BCUT2D eigenvalue weighted by Gasteiger charge is 2.13. The van der Waals surface area contributed by atoms with Gasteiger partial charge in [0.15, 0.2) is 5.96 Å². The van der Waals surface area contributed by atoms with E-state index in [1.54, 1.807) is 13.1 Å². The minimum Gasteiger partial charge on any atom is -0.381 e. The Hall–Kier alpha value is -0.930. The Kier molecular flexibility index (Phi) is 11.8. The van der Waals surface area contributed by atoms with Crippen LogP contribution in [0.1, 0.15) is 24.8 Å². The number of guanidine groups is 1. The Morgan fingerprint density at radius 1 is 1.32 bits per heavy atom. The van der Waals surface area contributed by atoms with E-state index in [4.69, 9.17) is 9.47 Å². The summed E-state index contributed by atoms with van der Waals surface area (Å²) in [4.78, 5) is 4.16. The van der Waals surface area contributed by atoms with Gasteiger partial charge in [-0.05, 0) is 42.9 Å². The molecule has 5 nitrogen and oxygen atoms in total. The van der Waals surface area contributed by atoms with Gasteiger partial charge >= 0.3 is 0 Å². The van der Waals surface area contributed by atoms with Gasteiger partial charge in [0.25, 0.3) is 0 Å². The molecule has 0 radical (unpaired) electrons. The highest BCUT2D eigenvalue weighted by atomic mass is 127. The van der Waals surface area contributed by atoms with Crippen LogP contribution in [-0.4, -0.2) is 46.0 Å². The number of hydrogen-bond donors (Lipinski definition) is 2. The zero-order chi connectivity index (χ0) is 17.0. The molecule has 1 fully saturated rings. The molecule has 7 heteroatoms. The van der Waals surface area contributed by atoms with Crippen LogP contribution in [0.15, 0.2) is 29.3 Å². The number of ether oxygens (including phenoxy) is 2. The topological polar surface area (TPSA) is 54.9 Å². The van der Waals surface area contributed by atoms with Crippen molar-refractivity contribution < 1.29 is 13.9 Å². The molecule has 2 N–H and O–H groups in total. The van der Waals surface area contributed by atoms with Gasteiger partial charge in [-0.25, -0.2) is 4.39 Å². The number of benzene rings is 1. The van der Waals surface area contributed by atoms with Gasteiger partial charge in [-0.3, -0.25) is 4.99 Å². The molecule has 0 aromatic heterocycles. The second-order valence-electron chi connectivity index (χ2n) is 5.97. The van der Waals surface area contributed by atoms with Gasteiger partial charge in [0.2, 0.25) is 0 Å². The van der Waals surface area contributed by atoms with Crippen LogP contribution < -0.4 is 10.6 Å². The lowest BCUT2D eigenvalue weighted by Gasteiger charge is -2.21. The van der Waals surface area contributed by atoms with Gasteiger partial charge in [-0.2, -0.15) is 0 Å². The SMILES string of the molecule is CN=C(NCCCOCC1CCOCC1)NCc1cccc(F)c1.I. The monoisotopic (exact) mass is 465 g/mol. The van der Waals surface area contributed by atoms with E-state index < -0.39 is 0 Å². The summed E-state index contributed by atoms with van der Waals surface area (Å²) in [5, 5.41) is 6.41. The lowest BCUT2D eigenvalue weighted by Crippen LogP contribution is -2.37. The quantitative estimate of drug-likeness (QED) is 0.268. The molecule has 142 valence electrons. The van der Waals surface area contributed by atoms with Crippen molar-refractivity contribution in [1.82, 2.24) is 10.6 Å². The van der Waals surface area contributed by atoms with Crippen LogP contribution in [0.5, 0.6) is 0 Å². The van der Waals surface area contributed by atoms with E-state index in [0.717, 1.165) is 57.8 Å². The van der Waals surface area contributed by atoms with Gasteiger partial charge in [0.1, 0.15) is 5.82 Å². The molecule has 0 aliphatic carbocycles. The third kappa shape index (κ3) is 9.37. The van der Waals surface area contributed by atoms with Gasteiger partial charge < -0.3 is 20.1 Å². The first-order valence-electron chi connectivity index (χ1n) is 8.62. The maximum atomic E-state index is 13.1. The molecule has 1 aliphatic heterocycles. The highest BCUT2D eigenvalue weighted by molar-refractivity contribution is 14.0. The molecule has 1 saturated heterocycles. The van der Waals surface area contributed by atoms with Crippen molar-refractivity contribution in [3.05, 3.63) is 35.6 Å². The molecular formula is C18H29FIN3O2. The number of aliphatic imine (C=N–C) groups is 1. The summed E-state index contributed by atoms with van der Waals surface area (Å²) in [7, 11) is 1.72. The van der Waals surface area contributed by atoms with Gasteiger partial charge in [0.05, 0.1) is 0 Å². The smallest absolute Gasteiger partial charge is 0.191 e. The summed E-state index contributed by atoms with van der Waals surface area (Å²) in [5.41, 5.74) is 0.887. The van der Waals surface area contributed by atoms with Crippen LogP contribution >= 0.6 is 24.0 Å². The average molecular weight is 465 g/mol. The Bertz CT molecular complexity index is 511. The predicted octanol–water partition coefficient (Wildman–Crippen LogP) is 2.94. The van der Waals surface area contributed by atoms with Crippen LogP contribution in [0.3, 0.4) is 0 Å². The Labute approximate surface area is 166 Å². The van der Waals surface area contributed by atoms with E-state index in [-0.39, 0.29) is 29.8 Å². The van der Waals surface area contributed by atoms with Crippen molar-refractivity contribution in [2.24, 2.45) is 10.9 Å². The third-order valence-electron chi connectivity index (χ3n) is 4.02. The van der Waals surface area contributed by atoms with Crippen LogP contribution in [0, 0.1) is 11.7 Å². The fourth-order valence-corrected chi connectivity index (χ4v) is 2.60. The Balaban J connectivity index is 0.00000312. The highest BCUT2D eigenvalue weighted by Crippen LogP contribution is 2.14. The molecule has 0 amide bonds. The molecule has 0 saturated carbocycles. The minimum absolute atomic E-state index is 0. The van der Waals surface area contributed by atoms with Crippen molar-refractivity contribution >= 4 is 29.9 Å². The van der Waals surface area contributed by atoms with E-state index >= 15 is 0 Å². The van der Waals surface area contributed by atoms with Crippen LogP contribution in [0.4, 0.5) is 4.39 Å². The fourth-order valence-electron chi connectivity index (χ4n) is 2.60. The Morgan fingerprint density at radius 3 is 2.84 bits per heavy atom. The number of nitrogens with zero attached hydrogens (tertiary/aromatic N) is 1. The molecule has 1 aromatic rings. The molecule has 1 aliphatic rings. The zero-order valence-corrected chi connectivity index (χ0v) is 17.1. The van der Waals surface area contributed by atoms with Crippen molar-refractivity contribution in [3.8, 4) is 0 Å². The third-order valence-corrected chi connectivity index (χ3v) is 4.02. The summed E-state index contributed by atoms with van der Waals surface area (Å²) in [6, 6.07) is 6.55. The van der Waals surface area contributed by atoms with Crippen LogP contribution in [0.2, 0.25) is 0 Å².